The molecule has 4 heteroatoms. The summed E-state index contributed by atoms with van der Waals surface area (Å²) in [6.07, 6.45) is 2.12. The van der Waals surface area contributed by atoms with Crippen LogP contribution in [0, 0.1) is 6.92 Å². The van der Waals surface area contributed by atoms with Crippen molar-refractivity contribution in [3.8, 4) is 10.6 Å². The lowest BCUT2D eigenvalue weighted by molar-refractivity contribution is 0.0792. The summed E-state index contributed by atoms with van der Waals surface area (Å²) in [7, 11) is 1.85. The normalized spacial score (nSPS) is 10.6. The minimum atomic E-state index is 0.0566. The van der Waals surface area contributed by atoms with Crippen LogP contribution in [0.25, 0.3) is 10.6 Å². The van der Waals surface area contributed by atoms with Gasteiger partial charge in [0, 0.05) is 13.6 Å². The summed E-state index contributed by atoms with van der Waals surface area (Å²) in [5, 5.41) is 2.03. The molecule has 2 aromatic rings. The molecule has 2 heterocycles. The van der Waals surface area contributed by atoms with E-state index in [1.165, 1.54) is 0 Å². The van der Waals surface area contributed by atoms with E-state index in [1.807, 2.05) is 43.6 Å². The highest BCUT2D eigenvalue weighted by atomic mass is 32.1. The molecule has 0 fully saturated rings. The number of pyridine rings is 1. The molecule has 20 heavy (non-hydrogen) atoms. The fourth-order valence-corrected chi connectivity index (χ4v) is 2.75. The maximum atomic E-state index is 12.4. The maximum absolute atomic E-state index is 12.4. The number of hydrogen-bond donors (Lipinski definition) is 0. The number of thiophene rings is 1. The lowest BCUT2D eigenvalue weighted by Gasteiger charge is -2.17. The average Bonchev–Trinajstić information content (AvgIpc) is 2.98. The summed E-state index contributed by atoms with van der Waals surface area (Å²) in [6.45, 7) is 4.82. The van der Waals surface area contributed by atoms with E-state index in [0.717, 1.165) is 35.7 Å². The van der Waals surface area contributed by atoms with Crippen LogP contribution in [-0.2, 0) is 0 Å². The molecule has 0 unspecified atom stereocenters. The molecule has 2 rings (SSSR count). The molecule has 0 aliphatic carbocycles. The first-order chi connectivity index (χ1) is 9.63. The van der Waals surface area contributed by atoms with Gasteiger partial charge in [-0.2, -0.15) is 0 Å². The van der Waals surface area contributed by atoms with E-state index in [1.54, 1.807) is 16.2 Å². The smallest absolute Gasteiger partial charge is 0.255 e. The Labute approximate surface area is 124 Å². The number of unbranched alkanes of at least 4 members (excludes halogenated alkanes) is 1. The molecule has 0 atom stereocenters. The molecule has 0 saturated heterocycles. The molecule has 2 aromatic heterocycles. The summed E-state index contributed by atoms with van der Waals surface area (Å²) >= 11 is 1.66. The molecule has 0 radical (unpaired) electrons. The van der Waals surface area contributed by atoms with Crippen molar-refractivity contribution in [3.63, 3.8) is 0 Å². The van der Waals surface area contributed by atoms with E-state index in [4.69, 9.17) is 0 Å². The predicted molar refractivity (Wildman–Crippen MR) is 84.2 cm³/mol. The van der Waals surface area contributed by atoms with Crippen LogP contribution in [0.2, 0.25) is 0 Å². The van der Waals surface area contributed by atoms with Gasteiger partial charge in [-0.15, -0.1) is 11.3 Å². The third-order valence-electron chi connectivity index (χ3n) is 3.28. The third-order valence-corrected chi connectivity index (χ3v) is 4.18. The second kappa shape index (κ2) is 6.66. The predicted octanol–water partition coefficient (Wildman–Crippen LogP) is 3.99. The fourth-order valence-electron chi connectivity index (χ4n) is 2.05. The third kappa shape index (κ3) is 3.25. The van der Waals surface area contributed by atoms with Gasteiger partial charge in [-0.05, 0) is 36.9 Å². The molecule has 0 spiro atoms. The monoisotopic (exact) mass is 288 g/mol. The van der Waals surface area contributed by atoms with Crippen LogP contribution >= 0.6 is 11.3 Å². The van der Waals surface area contributed by atoms with E-state index in [2.05, 4.69) is 11.9 Å². The fraction of sp³-hybridized carbons (Fsp3) is 0.375. The first-order valence-electron chi connectivity index (χ1n) is 6.90. The Bertz CT molecular complexity index is 578. The standard InChI is InChI=1S/C16H20N2OS/c1-4-5-10-18(3)16(19)13-8-9-14(17-12(13)2)15-7-6-11-20-15/h6-9,11H,4-5,10H2,1-3H3. The molecular formula is C16H20N2OS. The minimum Gasteiger partial charge on any atom is -0.342 e. The molecular weight excluding hydrogens is 268 g/mol. The molecule has 0 saturated carbocycles. The van der Waals surface area contributed by atoms with Crippen LogP contribution in [0.15, 0.2) is 29.6 Å². The van der Waals surface area contributed by atoms with Gasteiger partial charge in [-0.3, -0.25) is 9.78 Å². The molecule has 3 nitrogen and oxygen atoms in total. The van der Waals surface area contributed by atoms with Gasteiger partial charge in [0.15, 0.2) is 0 Å². The van der Waals surface area contributed by atoms with Gasteiger partial charge in [0.05, 0.1) is 21.8 Å². The summed E-state index contributed by atoms with van der Waals surface area (Å²) in [4.78, 5) is 19.8. The number of aryl methyl sites for hydroxylation is 1. The second-order valence-corrected chi connectivity index (χ2v) is 5.83. The number of rotatable bonds is 5. The maximum Gasteiger partial charge on any atom is 0.255 e. The van der Waals surface area contributed by atoms with Crippen molar-refractivity contribution in [2.24, 2.45) is 0 Å². The van der Waals surface area contributed by atoms with Gasteiger partial charge in [-0.25, -0.2) is 0 Å². The quantitative estimate of drug-likeness (QED) is 0.833. The summed E-state index contributed by atoms with van der Waals surface area (Å²) in [5.74, 6) is 0.0566. The number of nitrogens with zero attached hydrogens (tertiary/aromatic N) is 2. The average molecular weight is 288 g/mol. The zero-order chi connectivity index (χ0) is 14.5. The summed E-state index contributed by atoms with van der Waals surface area (Å²) in [6, 6.07) is 7.87. The number of carbonyl (C=O) groups is 1. The number of carbonyl (C=O) groups excluding carboxylic acids is 1. The van der Waals surface area contributed by atoms with Crippen molar-refractivity contribution < 1.29 is 4.79 Å². The molecule has 0 bridgehead atoms. The van der Waals surface area contributed by atoms with E-state index < -0.39 is 0 Å². The van der Waals surface area contributed by atoms with E-state index in [0.29, 0.717) is 5.56 Å². The van der Waals surface area contributed by atoms with Gasteiger partial charge in [-0.1, -0.05) is 19.4 Å². The highest BCUT2D eigenvalue weighted by Crippen LogP contribution is 2.24. The Balaban J connectivity index is 2.19. The zero-order valence-electron chi connectivity index (χ0n) is 12.2. The molecule has 0 N–H and O–H groups in total. The van der Waals surface area contributed by atoms with Crippen LogP contribution in [0.1, 0.15) is 35.8 Å². The highest BCUT2D eigenvalue weighted by Gasteiger charge is 2.15. The number of aromatic nitrogens is 1. The molecule has 0 aliphatic heterocycles. The first-order valence-corrected chi connectivity index (χ1v) is 7.78. The van der Waals surface area contributed by atoms with Crippen molar-refractivity contribution in [2.75, 3.05) is 13.6 Å². The van der Waals surface area contributed by atoms with Crippen LogP contribution in [0.3, 0.4) is 0 Å². The Morgan fingerprint density at radius 2 is 2.15 bits per heavy atom. The van der Waals surface area contributed by atoms with E-state index >= 15 is 0 Å². The topological polar surface area (TPSA) is 33.2 Å². The molecule has 106 valence electrons. The molecule has 0 aromatic carbocycles. The van der Waals surface area contributed by atoms with Gasteiger partial charge in [0.2, 0.25) is 0 Å². The zero-order valence-corrected chi connectivity index (χ0v) is 13.0. The minimum absolute atomic E-state index is 0.0566. The number of hydrogen-bond acceptors (Lipinski definition) is 3. The molecule has 1 amide bonds. The second-order valence-electron chi connectivity index (χ2n) is 4.89. The van der Waals surface area contributed by atoms with E-state index in [9.17, 15) is 4.79 Å². The van der Waals surface area contributed by atoms with E-state index in [-0.39, 0.29) is 5.91 Å². The highest BCUT2D eigenvalue weighted by molar-refractivity contribution is 7.13. The van der Waals surface area contributed by atoms with Crippen LogP contribution in [0.4, 0.5) is 0 Å². The summed E-state index contributed by atoms with van der Waals surface area (Å²) in [5.41, 5.74) is 2.43. The SMILES string of the molecule is CCCCN(C)C(=O)c1ccc(-c2cccs2)nc1C. The van der Waals surface area contributed by atoms with Gasteiger partial charge in [0.1, 0.15) is 0 Å². The van der Waals surface area contributed by atoms with Crippen molar-refractivity contribution in [3.05, 3.63) is 40.9 Å². The van der Waals surface area contributed by atoms with Crippen LogP contribution in [0.5, 0.6) is 0 Å². The molecule has 0 aliphatic rings. The van der Waals surface area contributed by atoms with Crippen molar-refractivity contribution >= 4 is 17.2 Å². The van der Waals surface area contributed by atoms with Crippen molar-refractivity contribution in [2.45, 2.75) is 26.7 Å². The van der Waals surface area contributed by atoms with Gasteiger partial charge >= 0.3 is 0 Å². The largest absolute Gasteiger partial charge is 0.342 e. The number of amides is 1. The Morgan fingerprint density at radius 3 is 2.75 bits per heavy atom. The van der Waals surface area contributed by atoms with Crippen molar-refractivity contribution in [1.82, 2.24) is 9.88 Å². The van der Waals surface area contributed by atoms with Crippen LogP contribution < -0.4 is 0 Å². The Hall–Kier alpha value is -1.68. The Morgan fingerprint density at radius 1 is 1.35 bits per heavy atom. The first kappa shape index (κ1) is 14.7. The van der Waals surface area contributed by atoms with Crippen molar-refractivity contribution in [1.29, 1.82) is 0 Å². The summed E-state index contributed by atoms with van der Waals surface area (Å²) < 4.78 is 0. The lowest BCUT2D eigenvalue weighted by atomic mass is 10.1. The lowest BCUT2D eigenvalue weighted by Crippen LogP contribution is -2.28. The van der Waals surface area contributed by atoms with Gasteiger partial charge in [0.25, 0.3) is 5.91 Å². The van der Waals surface area contributed by atoms with Crippen LogP contribution in [-0.4, -0.2) is 29.4 Å². The Kier molecular flexibility index (Phi) is 4.90. The van der Waals surface area contributed by atoms with Gasteiger partial charge < -0.3 is 4.90 Å².